The molecule has 0 spiro atoms. The van der Waals surface area contributed by atoms with Gasteiger partial charge in [-0.25, -0.2) is 18.4 Å². The number of halogens is 1. The van der Waals surface area contributed by atoms with Crippen LogP contribution in [-0.2, 0) is 10.0 Å². The number of nitrogens with one attached hydrogen (secondary N) is 1. The van der Waals surface area contributed by atoms with Gasteiger partial charge in [-0.3, -0.25) is 14.8 Å². The van der Waals surface area contributed by atoms with Crippen LogP contribution in [0.3, 0.4) is 0 Å². The zero-order valence-electron chi connectivity index (χ0n) is 10.6. The van der Waals surface area contributed by atoms with Gasteiger partial charge in [0.1, 0.15) is 4.90 Å². The lowest BCUT2D eigenvalue weighted by Crippen LogP contribution is -2.13. The monoisotopic (exact) mass is 328 g/mol. The quantitative estimate of drug-likeness (QED) is 0.522. The van der Waals surface area contributed by atoms with Crippen LogP contribution in [-0.4, -0.2) is 23.3 Å². The van der Waals surface area contributed by atoms with Crippen molar-refractivity contribution >= 4 is 33.0 Å². The Bertz CT molecular complexity index is 792. The van der Waals surface area contributed by atoms with E-state index in [1.807, 2.05) is 0 Å². The van der Waals surface area contributed by atoms with Crippen molar-refractivity contribution < 1.29 is 13.3 Å². The van der Waals surface area contributed by atoms with Crippen molar-refractivity contribution in [1.29, 1.82) is 0 Å². The van der Waals surface area contributed by atoms with Crippen LogP contribution in [0.25, 0.3) is 0 Å². The average molecular weight is 329 g/mol. The first-order valence-electron chi connectivity index (χ1n) is 5.55. The fourth-order valence-corrected chi connectivity index (χ4v) is 2.61. The summed E-state index contributed by atoms with van der Waals surface area (Å²) in [7, 11) is -3.88. The van der Waals surface area contributed by atoms with Crippen LogP contribution < -0.4 is 4.72 Å². The predicted molar refractivity (Wildman–Crippen MR) is 75.7 cm³/mol. The molecule has 21 heavy (non-hydrogen) atoms. The highest BCUT2D eigenvalue weighted by molar-refractivity contribution is 7.92. The number of nitro benzene ring substituents is 1. The van der Waals surface area contributed by atoms with Crippen LogP contribution >= 0.6 is 11.6 Å². The van der Waals surface area contributed by atoms with Crippen molar-refractivity contribution in [3.05, 3.63) is 51.6 Å². The summed E-state index contributed by atoms with van der Waals surface area (Å²) in [5, 5.41) is 10.6. The van der Waals surface area contributed by atoms with Gasteiger partial charge in [0.15, 0.2) is 0 Å². The van der Waals surface area contributed by atoms with E-state index in [0.717, 1.165) is 12.4 Å². The van der Waals surface area contributed by atoms with Gasteiger partial charge in [-0.2, -0.15) is 0 Å². The number of aryl methyl sites for hydroxylation is 1. The molecule has 0 saturated heterocycles. The van der Waals surface area contributed by atoms with Crippen molar-refractivity contribution in [1.82, 2.24) is 9.97 Å². The molecule has 0 saturated carbocycles. The Morgan fingerprint density at radius 3 is 2.43 bits per heavy atom. The molecule has 0 aliphatic heterocycles. The summed E-state index contributed by atoms with van der Waals surface area (Å²) in [5.41, 5.74) is 0.452. The van der Waals surface area contributed by atoms with Gasteiger partial charge in [-0.15, -0.1) is 0 Å². The van der Waals surface area contributed by atoms with Gasteiger partial charge in [0.05, 0.1) is 17.3 Å². The Morgan fingerprint density at radius 2 is 1.90 bits per heavy atom. The third-order valence-electron chi connectivity index (χ3n) is 2.55. The standard InChI is InChI=1S/C11H9ClN4O4S/c1-7-4-8(2-3-10(7)16(17)18)15-21(19,20)9-5-13-11(12)14-6-9/h2-6,15H,1H3. The zero-order valence-corrected chi connectivity index (χ0v) is 12.2. The Morgan fingerprint density at radius 1 is 1.29 bits per heavy atom. The number of rotatable bonds is 4. The van der Waals surface area contributed by atoms with E-state index in [9.17, 15) is 18.5 Å². The van der Waals surface area contributed by atoms with E-state index >= 15 is 0 Å². The molecule has 0 aliphatic rings. The van der Waals surface area contributed by atoms with Crippen LogP contribution in [0.4, 0.5) is 11.4 Å². The van der Waals surface area contributed by atoms with E-state index in [1.54, 1.807) is 0 Å². The molecule has 1 heterocycles. The van der Waals surface area contributed by atoms with Crippen molar-refractivity contribution in [3.8, 4) is 0 Å². The first-order chi connectivity index (χ1) is 9.79. The smallest absolute Gasteiger partial charge is 0.272 e. The van der Waals surface area contributed by atoms with Crippen molar-refractivity contribution in [2.24, 2.45) is 0 Å². The molecule has 0 fully saturated rings. The van der Waals surface area contributed by atoms with Crippen LogP contribution in [0.1, 0.15) is 5.56 Å². The molecule has 0 aliphatic carbocycles. The first kappa shape index (κ1) is 15.1. The molecule has 0 atom stereocenters. The Labute approximate surface area is 125 Å². The Kier molecular flexibility index (Phi) is 4.05. The summed E-state index contributed by atoms with van der Waals surface area (Å²) in [6.07, 6.45) is 2.13. The number of nitro groups is 1. The highest BCUT2D eigenvalue weighted by Crippen LogP contribution is 2.23. The third-order valence-corrected chi connectivity index (χ3v) is 4.08. The molecule has 2 aromatic rings. The summed E-state index contributed by atoms with van der Waals surface area (Å²) < 4.78 is 26.4. The number of nitrogens with zero attached hydrogens (tertiary/aromatic N) is 3. The topological polar surface area (TPSA) is 115 Å². The minimum absolute atomic E-state index is 0.0693. The number of hydrogen-bond acceptors (Lipinski definition) is 6. The molecular weight excluding hydrogens is 320 g/mol. The lowest BCUT2D eigenvalue weighted by molar-refractivity contribution is -0.385. The summed E-state index contributed by atoms with van der Waals surface area (Å²) >= 11 is 5.49. The van der Waals surface area contributed by atoms with Crippen LogP contribution in [0, 0.1) is 17.0 Å². The lowest BCUT2D eigenvalue weighted by Gasteiger charge is -2.08. The van der Waals surface area contributed by atoms with Gasteiger partial charge < -0.3 is 0 Å². The second-order valence-corrected chi connectivity index (χ2v) is 6.07. The number of hydrogen-bond donors (Lipinski definition) is 1. The Balaban J connectivity index is 2.31. The van der Waals surface area contributed by atoms with Crippen molar-refractivity contribution in [2.75, 3.05) is 4.72 Å². The minimum Gasteiger partial charge on any atom is -0.280 e. The summed E-state index contributed by atoms with van der Waals surface area (Å²) in [4.78, 5) is 17.2. The fraction of sp³-hybridized carbons (Fsp3) is 0.0909. The first-order valence-corrected chi connectivity index (χ1v) is 7.41. The molecule has 10 heteroatoms. The van der Waals surface area contributed by atoms with Crippen LogP contribution in [0.5, 0.6) is 0 Å². The summed E-state index contributed by atoms with van der Waals surface area (Å²) in [6, 6.07) is 3.90. The highest BCUT2D eigenvalue weighted by Gasteiger charge is 2.17. The van der Waals surface area contributed by atoms with Gasteiger partial charge in [0.25, 0.3) is 15.7 Å². The maximum atomic E-state index is 12.1. The van der Waals surface area contributed by atoms with Crippen molar-refractivity contribution in [3.63, 3.8) is 0 Å². The average Bonchev–Trinajstić information content (AvgIpc) is 2.38. The largest absolute Gasteiger partial charge is 0.280 e. The number of sulfonamides is 1. The van der Waals surface area contributed by atoms with E-state index in [2.05, 4.69) is 14.7 Å². The molecule has 0 bridgehead atoms. The van der Waals surface area contributed by atoms with Gasteiger partial charge in [-0.1, -0.05) is 0 Å². The second kappa shape index (κ2) is 5.62. The van der Waals surface area contributed by atoms with Gasteiger partial charge in [0.2, 0.25) is 5.28 Å². The molecular formula is C11H9ClN4O4S. The van der Waals surface area contributed by atoms with Crippen molar-refractivity contribution in [2.45, 2.75) is 11.8 Å². The SMILES string of the molecule is Cc1cc(NS(=O)(=O)c2cnc(Cl)nc2)ccc1[N+](=O)[O-]. The normalized spacial score (nSPS) is 11.1. The van der Waals surface area contributed by atoms with E-state index in [-0.39, 0.29) is 21.6 Å². The lowest BCUT2D eigenvalue weighted by atomic mass is 10.2. The van der Waals surface area contributed by atoms with Gasteiger partial charge >= 0.3 is 0 Å². The second-order valence-electron chi connectivity index (χ2n) is 4.05. The van der Waals surface area contributed by atoms with E-state index in [1.165, 1.54) is 25.1 Å². The maximum Gasteiger partial charge on any atom is 0.272 e. The highest BCUT2D eigenvalue weighted by atomic mass is 35.5. The summed E-state index contributed by atoms with van der Waals surface area (Å²) in [5.74, 6) is 0. The molecule has 0 amide bonds. The molecule has 2 rings (SSSR count). The third kappa shape index (κ3) is 3.44. The van der Waals surface area contributed by atoms with Crippen LogP contribution in [0.2, 0.25) is 5.28 Å². The Hall–Kier alpha value is -2.26. The molecule has 1 aromatic heterocycles. The van der Waals surface area contributed by atoms with Crippen LogP contribution in [0.15, 0.2) is 35.5 Å². The number of aromatic nitrogens is 2. The van der Waals surface area contributed by atoms with E-state index in [4.69, 9.17) is 11.6 Å². The summed E-state index contributed by atoms with van der Waals surface area (Å²) in [6.45, 7) is 1.52. The molecule has 0 unspecified atom stereocenters. The molecule has 1 aromatic carbocycles. The fourth-order valence-electron chi connectivity index (χ4n) is 1.58. The number of benzene rings is 1. The molecule has 0 radical (unpaired) electrons. The predicted octanol–water partition coefficient (Wildman–Crippen LogP) is 2.15. The zero-order chi connectivity index (χ0) is 15.6. The molecule has 1 N–H and O–H groups in total. The number of anilines is 1. The van der Waals surface area contributed by atoms with E-state index in [0.29, 0.717) is 5.56 Å². The molecule has 8 nitrogen and oxygen atoms in total. The van der Waals surface area contributed by atoms with E-state index < -0.39 is 14.9 Å². The molecule has 110 valence electrons. The minimum atomic E-state index is -3.88. The van der Waals surface area contributed by atoms with Gasteiger partial charge in [-0.05, 0) is 30.7 Å². The van der Waals surface area contributed by atoms with Gasteiger partial charge in [0, 0.05) is 17.3 Å². The maximum absolute atomic E-state index is 12.1.